The van der Waals surface area contributed by atoms with Gasteiger partial charge in [-0.2, -0.15) is 13.2 Å². The van der Waals surface area contributed by atoms with Crippen LogP contribution < -0.4 is 19.1 Å². The SMILES string of the molecule is COc1ccc(N(CC(=O)Nc2cc(C(F)(F)F)ccc2Cl)S(=O)(=O)c2ccc(C)cc2)cc1OC. The number of carbonyl (C=O) groups excluding carboxylic acids is 1. The van der Waals surface area contributed by atoms with E-state index in [1.54, 1.807) is 19.1 Å². The van der Waals surface area contributed by atoms with Crippen LogP contribution >= 0.6 is 11.6 Å². The molecule has 0 bridgehead atoms. The zero-order chi connectivity index (χ0) is 26.7. The lowest BCUT2D eigenvalue weighted by molar-refractivity contribution is -0.137. The Morgan fingerprint density at radius 2 is 1.61 bits per heavy atom. The van der Waals surface area contributed by atoms with Gasteiger partial charge in [-0.05, 0) is 49.4 Å². The zero-order valence-electron chi connectivity index (χ0n) is 19.4. The van der Waals surface area contributed by atoms with Crippen LogP contribution in [0.4, 0.5) is 24.5 Å². The second-order valence-electron chi connectivity index (χ2n) is 7.60. The fourth-order valence-corrected chi connectivity index (χ4v) is 4.83. The standard InChI is InChI=1S/C24H22ClF3N2O5S/c1-15-4-8-18(9-5-15)36(32,33)30(17-7-11-21(34-2)22(13-17)35-3)14-23(31)29-20-12-16(24(26,27)28)6-10-19(20)25/h4-13H,14H2,1-3H3,(H,29,31). The van der Waals surface area contributed by atoms with Crippen molar-refractivity contribution in [3.63, 3.8) is 0 Å². The Bertz CT molecular complexity index is 1360. The maximum Gasteiger partial charge on any atom is 0.416 e. The lowest BCUT2D eigenvalue weighted by atomic mass is 10.2. The number of hydrogen-bond donors (Lipinski definition) is 1. The number of anilines is 2. The molecule has 7 nitrogen and oxygen atoms in total. The molecule has 0 fully saturated rings. The number of rotatable bonds is 8. The first-order chi connectivity index (χ1) is 16.9. The number of hydrogen-bond acceptors (Lipinski definition) is 5. The van der Waals surface area contributed by atoms with Crippen molar-refractivity contribution in [2.24, 2.45) is 0 Å². The fourth-order valence-electron chi connectivity index (χ4n) is 3.25. The first-order valence-corrected chi connectivity index (χ1v) is 12.2. The van der Waals surface area contributed by atoms with Crippen molar-refractivity contribution >= 4 is 38.9 Å². The molecule has 0 aliphatic heterocycles. The molecule has 0 aliphatic rings. The Morgan fingerprint density at radius 3 is 2.19 bits per heavy atom. The maximum atomic E-state index is 13.5. The Kier molecular flexibility index (Phi) is 8.05. The Balaban J connectivity index is 2.02. The molecular weight excluding hydrogens is 521 g/mol. The molecule has 12 heteroatoms. The molecule has 3 aromatic rings. The Hall–Kier alpha value is -3.44. The summed E-state index contributed by atoms with van der Waals surface area (Å²) in [6.07, 6.45) is -4.66. The van der Waals surface area contributed by atoms with Gasteiger partial charge in [0, 0.05) is 6.07 Å². The summed E-state index contributed by atoms with van der Waals surface area (Å²) >= 11 is 5.97. The van der Waals surface area contributed by atoms with Crippen LogP contribution in [-0.2, 0) is 21.0 Å². The number of methoxy groups -OCH3 is 2. The van der Waals surface area contributed by atoms with Gasteiger partial charge in [0.15, 0.2) is 11.5 Å². The molecule has 0 spiro atoms. The predicted octanol–water partition coefficient (Wildman–Crippen LogP) is 5.52. The molecule has 0 aliphatic carbocycles. The number of sulfonamides is 1. The molecule has 0 unspecified atom stereocenters. The minimum Gasteiger partial charge on any atom is -0.493 e. The number of nitrogens with zero attached hydrogens (tertiary/aromatic N) is 1. The largest absolute Gasteiger partial charge is 0.493 e. The summed E-state index contributed by atoms with van der Waals surface area (Å²) in [6, 6.07) is 12.7. The molecule has 36 heavy (non-hydrogen) atoms. The van der Waals surface area contributed by atoms with Gasteiger partial charge in [0.05, 0.1) is 41.1 Å². The topological polar surface area (TPSA) is 84.9 Å². The highest BCUT2D eigenvalue weighted by atomic mass is 35.5. The van der Waals surface area contributed by atoms with Crippen molar-refractivity contribution in [2.45, 2.75) is 18.0 Å². The molecule has 0 heterocycles. The Labute approximate surface area is 211 Å². The van der Waals surface area contributed by atoms with E-state index in [2.05, 4.69) is 5.32 Å². The van der Waals surface area contributed by atoms with E-state index in [9.17, 15) is 26.4 Å². The van der Waals surface area contributed by atoms with Gasteiger partial charge in [0.1, 0.15) is 6.54 Å². The van der Waals surface area contributed by atoms with E-state index in [4.69, 9.17) is 21.1 Å². The lowest BCUT2D eigenvalue weighted by Gasteiger charge is -2.25. The van der Waals surface area contributed by atoms with Gasteiger partial charge >= 0.3 is 6.18 Å². The number of carbonyl (C=O) groups is 1. The van der Waals surface area contributed by atoms with E-state index in [0.29, 0.717) is 11.8 Å². The number of aryl methyl sites for hydroxylation is 1. The number of halogens is 4. The van der Waals surface area contributed by atoms with E-state index >= 15 is 0 Å². The molecule has 1 N–H and O–H groups in total. The highest BCUT2D eigenvalue weighted by Crippen LogP contribution is 2.35. The predicted molar refractivity (Wildman–Crippen MR) is 130 cm³/mol. The average molecular weight is 543 g/mol. The minimum absolute atomic E-state index is 0.0681. The number of nitrogens with one attached hydrogen (secondary N) is 1. The van der Waals surface area contributed by atoms with Crippen LogP contribution in [0.5, 0.6) is 11.5 Å². The van der Waals surface area contributed by atoms with E-state index in [1.807, 2.05) is 0 Å². The van der Waals surface area contributed by atoms with Gasteiger partial charge in [-0.15, -0.1) is 0 Å². The summed E-state index contributed by atoms with van der Waals surface area (Å²) in [5.74, 6) is -0.378. The van der Waals surface area contributed by atoms with Gasteiger partial charge < -0.3 is 14.8 Å². The molecule has 0 saturated carbocycles. The average Bonchev–Trinajstić information content (AvgIpc) is 2.83. The summed E-state index contributed by atoms with van der Waals surface area (Å²) < 4.78 is 77.7. The van der Waals surface area contributed by atoms with E-state index in [0.717, 1.165) is 22.0 Å². The second kappa shape index (κ2) is 10.7. The van der Waals surface area contributed by atoms with Crippen molar-refractivity contribution in [1.82, 2.24) is 0 Å². The van der Waals surface area contributed by atoms with Crippen molar-refractivity contribution < 1.29 is 35.9 Å². The number of ether oxygens (including phenoxy) is 2. The van der Waals surface area contributed by atoms with Crippen molar-refractivity contribution in [3.8, 4) is 11.5 Å². The van der Waals surface area contributed by atoms with Crippen LogP contribution in [0.2, 0.25) is 5.02 Å². The molecule has 0 atom stereocenters. The summed E-state index contributed by atoms with van der Waals surface area (Å²) in [5.41, 5.74) is -0.440. The molecule has 1 amide bonds. The van der Waals surface area contributed by atoms with Crippen LogP contribution in [0, 0.1) is 6.92 Å². The quantitative estimate of drug-likeness (QED) is 0.405. The van der Waals surface area contributed by atoms with Crippen molar-refractivity contribution in [1.29, 1.82) is 0 Å². The van der Waals surface area contributed by atoms with E-state index < -0.39 is 34.2 Å². The first-order valence-electron chi connectivity index (χ1n) is 10.3. The maximum absolute atomic E-state index is 13.5. The molecule has 3 rings (SSSR count). The third kappa shape index (κ3) is 6.03. The Morgan fingerprint density at radius 1 is 0.972 bits per heavy atom. The number of benzene rings is 3. The summed E-state index contributed by atoms with van der Waals surface area (Å²) in [6.45, 7) is 1.02. The van der Waals surface area contributed by atoms with Gasteiger partial charge in [0.2, 0.25) is 5.91 Å². The van der Waals surface area contributed by atoms with Gasteiger partial charge in [0.25, 0.3) is 10.0 Å². The van der Waals surface area contributed by atoms with E-state index in [1.165, 1.54) is 44.6 Å². The van der Waals surface area contributed by atoms with Crippen LogP contribution in [-0.4, -0.2) is 35.1 Å². The van der Waals surface area contributed by atoms with Crippen LogP contribution in [0.1, 0.15) is 11.1 Å². The second-order valence-corrected chi connectivity index (χ2v) is 9.87. The summed E-state index contributed by atoms with van der Waals surface area (Å²) in [5, 5.41) is 2.13. The third-order valence-corrected chi connectivity index (χ3v) is 7.24. The van der Waals surface area contributed by atoms with E-state index in [-0.39, 0.29) is 27.0 Å². The molecule has 3 aromatic carbocycles. The fraction of sp³-hybridized carbons (Fsp3) is 0.208. The molecular formula is C24H22ClF3N2O5S. The number of alkyl halides is 3. The normalized spacial score (nSPS) is 11.6. The summed E-state index contributed by atoms with van der Waals surface area (Å²) in [7, 11) is -1.51. The van der Waals surface area contributed by atoms with Crippen molar-refractivity contribution in [2.75, 3.05) is 30.4 Å². The van der Waals surface area contributed by atoms with Crippen LogP contribution in [0.3, 0.4) is 0 Å². The minimum atomic E-state index is -4.66. The third-order valence-electron chi connectivity index (χ3n) is 5.12. The van der Waals surface area contributed by atoms with Crippen LogP contribution in [0.25, 0.3) is 0 Å². The molecule has 0 aromatic heterocycles. The van der Waals surface area contributed by atoms with Crippen LogP contribution in [0.15, 0.2) is 65.6 Å². The monoisotopic (exact) mass is 542 g/mol. The highest BCUT2D eigenvalue weighted by Gasteiger charge is 2.32. The highest BCUT2D eigenvalue weighted by molar-refractivity contribution is 7.92. The summed E-state index contributed by atoms with van der Waals surface area (Å²) in [4.78, 5) is 12.8. The smallest absolute Gasteiger partial charge is 0.416 e. The molecule has 0 saturated heterocycles. The molecule has 192 valence electrons. The zero-order valence-corrected chi connectivity index (χ0v) is 21.0. The van der Waals surface area contributed by atoms with Gasteiger partial charge in [-0.1, -0.05) is 29.3 Å². The van der Waals surface area contributed by atoms with Gasteiger partial charge in [-0.25, -0.2) is 8.42 Å². The first kappa shape index (κ1) is 27.2. The lowest BCUT2D eigenvalue weighted by Crippen LogP contribution is -2.38. The number of amides is 1. The van der Waals surface area contributed by atoms with Gasteiger partial charge in [-0.3, -0.25) is 9.10 Å². The molecule has 0 radical (unpaired) electrons. The van der Waals surface area contributed by atoms with Crippen molar-refractivity contribution in [3.05, 3.63) is 76.8 Å².